The Hall–Kier alpha value is -1.79. The molecule has 2 rings (SSSR count). The van der Waals surface area contributed by atoms with Crippen LogP contribution in [0.5, 0.6) is 11.5 Å². The molecule has 0 unspecified atom stereocenters. The van der Waals surface area contributed by atoms with E-state index < -0.39 is 5.60 Å². The van der Waals surface area contributed by atoms with Gasteiger partial charge < -0.3 is 24.6 Å². The topological polar surface area (TPSA) is 79.2 Å². The van der Waals surface area contributed by atoms with E-state index in [-0.39, 0.29) is 19.1 Å². The molecule has 0 saturated carbocycles. The molecule has 116 valence electrons. The summed E-state index contributed by atoms with van der Waals surface area (Å²) in [6.07, 6.45) is 0.767. The molecule has 0 aromatic heterocycles. The summed E-state index contributed by atoms with van der Waals surface area (Å²) in [6, 6.07) is 7.07. The monoisotopic (exact) mass is 295 g/mol. The lowest BCUT2D eigenvalue weighted by atomic mass is 9.92. The summed E-state index contributed by atoms with van der Waals surface area (Å²) >= 11 is 0. The second-order valence-electron chi connectivity index (χ2n) is 5.23. The number of carbonyl (C=O) groups is 1. The van der Waals surface area contributed by atoms with Crippen LogP contribution in [0.25, 0.3) is 0 Å². The number of ether oxygens (including phenoxy) is 2. The molecule has 0 spiro atoms. The number of carbonyl (C=O) groups excluding carboxylic acids is 1. The molecule has 6 heteroatoms. The first-order valence-electron chi connectivity index (χ1n) is 6.94. The van der Waals surface area contributed by atoms with Crippen molar-refractivity contribution < 1.29 is 24.5 Å². The second-order valence-corrected chi connectivity index (χ2v) is 5.23. The largest absolute Gasteiger partial charge is 0.497 e. The van der Waals surface area contributed by atoms with Crippen molar-refractivity contribution in [3.05, 3.63) is 24.3 Å². The number of methoxy groups -OCH3 is 1. The Morgan fingerprint density at radius 1 is 1.33 bits per heavy atom. The number of hydrogen-bond acceptors (Lipinski definition) is 5. The number of nitrogens with zero attached hydrogens (tertiary/aromatic N) is 1. The zero-order valence-corrected chi connectivity index (χ0v) is 12.1. The van der Waals surface area contributed by atoms with Gasteiger partial charge in [0.05, 0.1) is 19.3 Å². The van der Waals surface area contributed by atoms with E-state index in [1.807, 2.05) is 0 Å². The fourth-order valence-electron chi connectivity index (χ4n) is 2.26. The predicted molar refractivity (Wildman–Crippen MR) is 76.3 cm³/mol. The zero-order valence-electron chi connectivity index (χ0n) is 12.1. The average molecular weight is 295 g/mol. The van der Waals surface area contributed by atoms with Crippen LogP contribution in [0.1, 0.15) is 12.8 Å². The highest BCUT2D eigenvalue weighted by atomic mass is 16.5. The standard InChI is InChI=1S/C15H21NO5/c1-20-12-3-2-4-13(9-12)21-10-14(18)16-7-5-15(19,11-17)6-8-16/h2-4,9,17,19H,5-8,10-11H2,1H3. The quantitative estimate of drug-likeness (QED) is 0.823. The second kappa shape index (κ2) is 6.78. The minimum absolute atomic E-state index is 0.0509. The van der Waals surface area contributed by atoms with E-state index in [0.29, 0.717) is 37.4 Å². The number of amides is 1. The number of aliphatic hydroxyl groups excluding tert-OH is 1. The van der Waals surface area contributed by atoms with E-state index in [9.17, 15) is 9.90 Å². The summed E-state index contributed by atoms with van der Waals surface area (Å²) < 4.78 is 10.5. The number of piperidine rings is 1. The van der Waals surface area contributed by atoms with E-state index in [2.05, 4.69) is 0 Å². The van der Waals surface area contributed by atoms with E-state index >= 15 is 0 Å². The van der Waals surface area contributed by atoms with Gasteiger partial charge in [-0.15, -0.1) is 0 Å². The van der Waals surface area contributed by atoms with E-state index in [1.165, 1.54) is 0 Å². The molecule has 6 nitrogen and oxygen atoms in total. The first kappa shape index (κ1) is 15.6. The molecule has 1 heterocycles. The van der Waals surface area contributed by atoms with Crippen LogP contribution in [0.2, 0.25) is 0 Å². The third kappa shape index (κ3) is 4.09. The molecule has 21 heavy (non-hydrogen) atoms. The molecule has 1 fully saturated rings. The van der Waals surface area contributed by atoms with Gasteiger partial charge in [-0.1, -0.05) is 6.07 Å². The Morgan fingerprint density at radius 3 is 2.62 bits per heavy atom. The molecule has 1 amide bonds. The van der Waals surface area contributed by atoms with E-state index in [0.717, 1.165) is 0 Å². The maximum Gasteiger partial charge on any atom is 0.260 e. The third-order valence-corrected chi connectivity index (χ3v) is 3.74. The van der Waals surface area contributed by atoms with Gasteiger partial charge in [-0.05, 0) is 25.0 Å². The van der Waals surface area contributed by atoms with Crippen LogP contribution in [0.15, 0.2) is 24.3 Å². The Balaban J connectivity index is 1.82. The molecular formula is C15H21NO5. The molecule has 1 aromatic carbocycles. The highest BCUT2D eigenvalue weighted by molar-refractivity contribution is 5.77. The maximum absolute atomic E-state index is 12.1. The Kier molecular flexibility index (Phi) is 5.03. The molecule has 0 radical (unpaired) electrons. The fourth-order valence-corrected chi connectivity index (χ4v) is 2.26. The Bertz CT molecular complexity index is 483. The average Bonchev–Trinajstić information content (AvgIpc) is 2.53. The van der Waals surface area contributed by atoms with Crippen LogP contribution in [-0.2, 0) is 4.79 Å². The Morgan fingerprint density at radius 2 is 2.00 bits per heavy atom. The lowest BCUT2D eigenvalue weighted by molar-refractivity contribution is -0.139. The molecule has 1 aliphatic heterocycles. The van der Waals surface area contributed by atoms with Crippen molar-refractivity contribution in [2.45, 2.75) is 18.4 Å². The first-order chi connectivity index (χ1) is 10.1. The van der Waals surface area contributed by atoms with Gasteiger partial charge in [0.1, 0.15) is 11.5 Å². The number of aliphatic hydroxyl groups is 2. The zero-order chi connectivity index (χ0) is 15.3. The van der Waals surface area contributed by atoms with Gasteiger partial charge in [-0.3, -0.25) is 4.79 Å². The van der Waals surface area contributed by atoms with Gasteiger partial charge in [-0.25, -0.2) is 0 Å². The predicted octanol–water partition coefficient (Wildman–Crippen LogP) is 0.420. The normalized spacial score (nSPS) is 17.4. The smallest absolute Gasteiger partial charge is 0.260 e. The van der Waals surface area contributed by atoms with Crippen molar-refractivity contribution in [3.63, 3.8) is 0 Å². The first-order valence-corrected chi connectivity index (χ1v) is 6.94. The molecule has 2 N–H and O–H groups in total. The van der Waals surface area contributed by atoms with Crippen molar-refractivity contribution in [3.8, 4) is 11.5 Å². The van der Waals surface area contributed by atoms with Gasteiger partial charge in [0.2, 0.25) is 0 Å². The van der Waals surface area contributed by atoms with Gasteiger partial charge in [0.25, 0.3) is 5.91 Å². The minimum atomic E-state index is -1.05. The third-order valence-electron chi connectivity index (χ3n) is 3.74. The molecule has 1 aliphatic rings. The van der Waals surface area contributed by atoms with Crippen LogP contribution in [0.4, 0.5) is 0 Å². The van der Waals surface area contributed by atoms with Crippen LogP contribution in [0, 0.1) is 0 Å². The highest BCUT2D eigenvalue weighted by Gasteiger charge is 2.33. The lowest BCUT2D eigenvalue weighted by Gasteiger charge is -2.36. The Labute approximate surface area is 123 Å². The molecule has 0 bridgehead atoms. The molecule has 0 atom stereocenters. The summed E-state index contributed by atoms with van der Waals surface area (Å²) in [5.41, 5.74) is -1.05. The number of likely N-dealkylation sites (tertiary alicyclic amines) is 1. The van der Waals surface area contributed by atoms with Crippen LogP contribution >= 0.6 is 0 Å². The van der Waals surface area contributed by atoms with E-state index in [1.54, 1.807) is 36.3 Å². The van der Waals surface area contributed by atoms with Crippen molar-refractivity contribution in [2.75, 3.05) is 33.4 Å². The molecule has 1 saturated heterocycles. The van der Waals surface area contributed by atoms with Crippen molar-refractivity contribution in [1.82, 2.24) is 4.90 Å². The molecular weight excluding hydrogens is 274 g/mol. The summed E-state index contributed by atoms with van der Waals surface area (Å²) in [4.78, 5) is 13.7. The van der Waals surface area contributed by atoms with Crippen molar-refractivity contribution in [1.29, 1.82) is 0 Å². The van der Waals surface area contributed by atoms with Crippen molar-refractivity contribution >= 4 is 5.91 Å². The van der Waals surface area contributed by atoms with Crippen molar-refractivity contribution in [2.24, 2.45) is 0 Å². The summed E-state index contributed by atoms with van der Waals surface area (Å²) in [6.45, 7) is 0.536. The fraction of sp³-hybridized carbons (Fsp3) is 0.533. The highest BCUT2D eigenvalue weighted by Crippen LogP contribution is 2.22. The summed E-state index contributed by atoms with van der Waals surface area (Å²) in [5, 5.41) is 19.0. The number of hydrogen-bond donors (Lipinski definition) is 2. The molecule has 0 aliphatic carbocycles. The maximum atomic E-state index is 12.1. The summed E-state index contributed by atoms with van der Waals surface area (Å²) in [7, 11) is 1.57. The number of benzene rings is 1. The van der Waals surface area contributed by atoms with Crippen LogP contribution < -0.4 is 9.47 Å². The molecule has 1 aromatic rings. The van der Waals surface area contributed by atoms with Gasteiger partial charge >= 0.3 is 0 Å². The van der Waals surface area contributed by atoms with Crippen LogP contribution in [0.3, 0.4) is 0 Å². The van der Waals surface area contributed by atoms with E-state index in [4.69, 9.17) is 14.6 Å². The minimum Gasteiger partial charge on any atom is -0.497 e. The number of rotatable bonds is 5. The SMILES string of the molecule is COc1cccc(OCC(=O)N2CCC(O)(CO)CC2)c1. The van der Waals surface area contributed by atoms with Gasteiger partial charge in [-0.2, -0.15) is 0 Å². The summed E-state index contributed by atoms with van der Waals surface area (Å²) in [5.74, 6) is 1.12. The van der Waals surface area contributed by atoms with Gasteiger partial charge in [0.15, 0.2) is 6.61 Å². The van der Waals surface area contributed by atoms with Gasteiger partial charge in [0, 0.05) is 19.2 Å². The van der Waals surface area contributed by atoms with Crippen LogP contribution in [-0.4, -0.2) is 60.0 Å². The lowest BCUT2D eigenvalue weighted by Crippen LogP contribution is -2.49.